The van der Waals surface area contributed by atoms with Crippen molar-refractivity contribution in [3.05, 3.63) is 87.0 Å². The number of benzene rings is 2. The summed E-state index contributed by atoms with van der Waals surface area (Å²) < 4.78 is 2.01. The SMILES string of the molecule is N#Cc1ccccc1Cn1c(N2CCCC(N)C2)nc2cc(C(=O)Nc3ccccc3)sc2c1=O. The van der Waals surface area contributed by atoms with Gasteiger partial charge < -0.3 is 16.0 Å². The number of amides is 1. The normalized spacial score (nSPS) is 15.7. The van der Waals surface area contributed by atoms with Gasteiger partial charge >= 0.3 is 0 Å². The Kier molecular flexibility index (Phi) is 6.31. The van der Waals surface area contributed by atoms with Gasteiger partial charge in [0, 0.05) is 24.8 Å². The van der Waals surface area contributed by atoms with Crippen molar-refractivity contribution in [3.63, 3.8) is 0 Å². The van der Waals surface area contributed by atoms with E-state index < -0.39 is 0 Å². The number of carbonyl (C=O) groups excluding carboxylic acids is 1. The summed E-state index contributed by atoms with van der Waals surface area (Å²) in [6, 6.07) is 20.3. The number of hydrogen-bond acceptors (Lipinski definition) is 7. The molecule has 1 atom stereocenters. The van der Waals surface area contributed by atoms with Gasteiger partial charge in [-0.25, -0.2) is 4.98 Å². The average Bonchev–Trinajstić information content (AvgIpc) is 3.31. The van der Waals surface area contributed by atoms with Crippen molar-refractivity contribution in [3.8, 4) is 6.07 Å². The number of rotatable bonds is 5. The lowest BCUT2D eigenvalue weighted by Gasteiger charge is -2.33. The molecule has 0 saturated carbocycles. The number of carbonyl (C=O) groups is 1. The fourth-order valence-electron chi connectivity index (χ4n) is 4.34. The molecule has 3 heterocycles. The van der Waals surface area contributed by atoms with Crippen LogP contribution in [0.5, 0.6) is 0 Å². The summed E-state index contributed by atoms with van der Waals surface area (Å²) in [5.41, 5.74) is 8.40. The van der Waals surface area contributed by atoms with E-state index >= 15 is 0 Å². The molecule has 4 aromatic rings. The summed E-state index contributed by atoms with van der Waals surface area (Å²) in [5, 5.41) is 12.4. The Bertz CT molecular complexity index is 1490. The highest BCUT2D eigenvalue weighted by atomic mass is 32.1. The van der Waals surface area contributed by atoms with Crippen molar-refractivity contribution >= 4 is 39.1 Å². The minimum atomic E-state index is -0.290. The molecule has 2 aromatic heterocycles. The second-order valence-corrected chi connectivity index (χ2v) is 9.62. The van der Waals surface area contributed by atoms with Crippen LogP contribution >= 0.6 is 11.3 Å². The van der Waals surface area contributed by atoms with Gasteiger partial charge in [0.2, 0.25) is 5.95 Å². The third-order valence-electron chi connectivity index (χ3n) is 6.08. The highest BCUT2D eigenvalue weighted by Gasteiger charge is 2.24. The third-order valence-corrected chi connectivity index (χ3v) is 7.19. The average molecular weight is 485 g/mol. The summed E-state index contributed by atoms with van der Waals surface area (Å²) in [6.07, 6.45) is 1.82. The zero-order chi connectivity index (χ0) is 24.4. The zero-order valence-electron chi connectivity index (χ0n) is 19.0. The molecule has 3 N–H and O–H groups in total. The topological polar surface area (TPSA) is 117 Å². The van der Waals surface area contributed by atoms with Gasteiger partial charge in [0.1, 0.15) is 4.70 Å². The van der Waals surface area contributed by atoms with Gasteiger partial charge in [-0.15, -0.1) is 11.3 Å². The molecule has 1 fully saturated rings. The highest BCUT2D eigenvalue weighted by Crippen LogP contribution is 2.27. The van der Waals surface area contributed by atoms with Crippen molar-refractivity contribution in [1.29, 1.82) is 5.26 Å². The molecule has 0 radical (unpaired) electrons. The molecule has 8 nitrogen and oxygen atoms in total. The van der Waals surface area contributed by atoms with E-state index in [2.05, 4.69) is 11.4 Å². The molecule has 1 aliphatic heterocycles. The Labute approximate surface area is 206 Å². The van der Waals surface area contributed by atoms with Crippen molar-refractivity contribution in [2.24, 2.45) is 5.73 Å². The summed E-state index contributed by atoms with van der Waals surface area (Å²) >= 11 is 1.13. The lowest BCUT2D eigenvalue weighted by molar-refractivity contribution is 0.103. The molecule has 0 spiro atoms. The molecular formula is C26H24N6O2S. The van der Waals surface area contributed by atoms with E-state index in [1.54, 1.807) is 34.9 Å². The predicted molar refractivity (Wildman–Crippen MR) is 138 cm³/mol. The summed E-state index contributed by atoms with van der Waals surface area (Å²) in [6.45, 7) is 1.52. The van der Waals surface area contributed by atoms with Crippen LogP contribution in [0.25, 0.3) is 10.2 Å². The van der Waals surface area contributed by atoms with Gasteiger partial charge in [0.15, 0.2) is 0 Å². The Hall–Kier alpha value is -4.00. The number of hydrogen-bond donors (Lipinski definition) is 2. The van der Waals surface area contributed by atoms with Gasteiger partial charge in [0.25, 0.3) is 11.5 Å². The molecule has 0 bridgehead atoms. The van der Waals surface area contributed by atoms with Crippen molar-refractivity contribution in [2.45, 2.75) is 25.4 Å². The number of nitrogens with two attached hydrogens (primary N) is 1. The summed E-state index contributed by atoms with van der Waals surface area (Å²) in [4.78, 5) is 33.9. The lowest BCUT2D eigenvalue weighted by atomic mass is 10.1. The van der Waals surface area contributed by atoms with E-state index in [0.717, 1.165) is 36.3 Å². The zero-order valence-corrected chi connectivity index (χ0v) is 19.8. The Morgan fingerprint density at radius 3 is 2.74 bits per heavy atom. The van der Waals surface area contributed by atoms with Crippen LogP contribution in [0, 0.1) is 11.3 Å². The van der Waals surface area contributed by atoms with Crippen LogP contribution in [0.2, 0.25) is 0 Å². The van der Waals surface area contributed by atoms with Crippen molar-refractivity contribution in [1.82, 2.24) is 9.55 Å². The van der Waals surface area contributed by atoms with Crippen LogP contribution in [0.1, 0.15) is 33.6 Å². The monoisotopic (exact) mass is 484 g/mol. The van der Waals surface area contributed by atoms with Crippen molar-refractivity contribution < 1.29 is 4.79 Å². The Balaban J connectivity index is 1.59. The number of fused-ring (bicyclic) bond motifs is 1. The van der Waals surface area contributed by atoms with E-state index in [1.807, 2.05) is 35.2 Å². The maximum absolute atomic E-state index is 13.7. The van der Waals surface area contributed by atoms with Crippen LogP contribution in [0.15, 0.2) is 65.5 Å². The fraction of sp³-hybridized carbons (Fsp3) is 0.231. The minimum Gasteiger partial charge on any atom is -0.341 e. The van der Waals surface area contributed by atoms with Gasteiger partial charge in [-0.3, -0.25) is 14.2 Å². The second kappa shape index (κ2) is 9.70. The van der Waals surface area contributed by atoms with Crippen LogP contribution in [0.4, 0.5) is 11.6 Å². The molecule has 1 amide bonds. The van der Waals surface area contributed by atoms with Crippen molar-refractivity contribution in [2.75, 3.05) is 23.3 Å². The maximum atomic E-state index is 13.7. The minimum absolute atomic E-state index is 0.00844. The van der Waals surface area contributed by atoms with Gasteiger partial charge in [-0.05, 0) is 42.7 Å². The first kappa shape index (κ1) is 22.8. The smallest absolute Gasteiger partial charge is 0.273 e. The van der Waals surface area contributed by atoms with Crippen LogP contribution in [0.3, 0.4) is 0 Å². The quantitative estimate of drug-likeness (QED) is 0.447. The van der Waals surface area contributed by atoms with Crippen LogP contribution < -0.4 is 21.5 Å². The van der Waals surface area contributed by atoms with E-state index in [9.17, 15) is 14.9 Å². The number of aromatic nitrogens is 2. The first-order valence-corrected chi connectivity index (χ1v) is 12.2. The summed E-state index contributed by atoms with van der Waals surface area (Å²) in [7, 11) is 0. The molecule has 1 saturated heterocycles. The first-order valence-electron chi connectivity index (χ1n) is 11.4. The number of nitriles is 1. The van der Waals surface area contributed by atoms with E-state index in [4.69, 9.17) is 10.7 Å². The number of piperidine rings is 1. The highest BCUT2D eigenvalue weighted by molar-refractivity contribution is 7.20. The van der Waals surface area contributed by atoms with E-state index in [0.29, 0.717) is 38.8 Å². The predicted octanol–water partition coefficient (Wildman–Crippen LogP) is 3.56. The van der Waals surface area contributed by atoms with Gasteiger partial charge in [-0.2, -0.15) is 5.26 Å². The van der Waals surface area contributed by atoms with E-state index in [1.165, 1.54) is 0 Å². The van der Waals surface area contributed by atoms with E-state index in [-0.39, 0.29) is 24.1 Å². The largest absolute Gasteiger partial charge is 0.341 e. The molecule has 1 unspecified atom stereocenters. The van der Waals surface area contributed by atoms with Gasteiger partial charge in [0.05, 0.1) is 28.6 Å². The number of anilines is 2. The number of nitrogens with zero attached hydrogens (tertiary/aromatic N) is 4. The number of thiophene rings is 1. The van der Waals surface area contributed by atoms with Crippen LogP contribution in [-0.2, 0) is 6.54 Å². The molecular weight excluding hydrogens is 460 g/mol. The Morgan fingerprint density at radius 1 is 1.20 bits per heavy atom. The van der Waals surface area contributed by atoms with Gasteiger partial charge in [-0.1, -0.05) is 36.4 Å². The molecule has 5 rings (SSSR count). The fourth-order valence-corrected chi connectivity index (χ4v) is 5.28. The molecule has 176 valence electrons. The lowest BCUT2D eigenvalue weighted by Crippen LogP contribution is -2.45. The molecule has 0 aliphatic carbocycles. The molecule has 2 aromatic carbocycles. The first-order chi connectivity index (χ1) is 17.0. The molecule has 1 aliphatic rings. The second-order valence-electron chi connectivity index (χ2n) is 8.57. The maximum Gasteiger partial charge on any atom is 0.273 e. The molecule has 9 heteroatoms. The number of nitrogens with one attached hydrogen (secondary N) is 1. The van der Waals surface area contributed by atoms with Crippen LogP contribution in [-0.4, -0.2) is 34.6 Å². The third kappa shape index (κ3) is 4.67. The standard InChI is InChI=1S/C26H24N6O2S/c27-14-17-7-4-5-8-18(17)15-32-25(34)23-21(30-26(32)31-12-6-9-19(28)16-31)13-22(35-23)24(33)29-20-10-2-1-3-11-20/h1-5,7-8,10-11,13,19H,6,9,12,15-16,28H2,(H,29,33). The number of para-hydroxylation sites is 1. The molecule has 35 heavy (non-hydrogen) atoms. The Morgan fingerprint density at radius 2 is 1.97 bits per heavy atom. The summed E-state index contributed by atoms with van der Waals surface area (Å²) in [5.74, 6) is 0.222.